The Morgan fingerprint density at radius 3 is 2.59 bits per heavy atom. The smallest absolute Gasteiger partial charge is 0.333 e. The van der Waals surface area contributed by atoms with Crippen molar-refractivity contribution in [1.29, 1.82) is 0 Å². The summed E-state index contributed by atoms with van der Waals surface area (Å²) in [5.74, 6) is 5.16. The molecule has 0 unspecified atom stereocenters. The Morgan fingerprint density at radius 2 is 1.86 bits per heavy atom. The maximum Gasteiger partial charge on any atom is 0.333 e. The number of carbonyl (C=O) groups is 1. The first-order valence-corrected chi connectivity index (χ1v) is 15.0. The number of amides is 2. The number of primary amides is 1. The second-order valence-corrected chi connectivity index (χ2v) is 13.6. The fraction of sp³-hybridized carbons (Fsp3) is 0.828. The molecule has 7 nitrogen and oxygen atoms in total. The molecular formula is C29H48N6OS. The third-order valence-corrected chi connectivity index (χ3v) is 10.9. The van der Waals surface area contributed by atoms with E-state index in [9.17, 15) is 4.79 Å². The SMILES string of the molecule is CC(C)CCC[C@@H](C)[C@H]1CC[C@H]2[C@@H]3CCC4=CC(=NNC(=S)N=NNC(N)=O)CC[C@]4(C)[C@H]3CC[C@]12C. The molecule has 0 aromatic heterocycles. The summed E-state index contributed by atoms with van der Waals surface area (Å²) >= 11 is 5.11. The third-order valence-electron chi connectivity index (χ3n) is 10.8. The molecule has 0 aromatic carbocycles. The number of rotatable bonds is 7. The van der Waals surface area contributed by atoms with Crippen LogP contribution in [0.1, 0.15) is 105 Å². The number of thiocarbonyl (C=S) groups is 1. The van der Waals surface area contributed by atoms with E-state index in [1.54, 1.807) is 5.57 Å². The van der Waals surface area contributed by atoms with Gasteiger partial charge < -0.3 is 5.73 Å². The molecule has 4 N–H and O–H groups in total. The van der Waals surface area contributed by atoms with Gasteiger partial charge in [-0.3, -0.25) is 5.43 Å². The molecule has 206 valence electrons. The van der Waals surface area contributed by atoms with E-state index in [-0.39, 0.29) is 10.5 Å². The predicted octanol–water partition coefficient (Wildman–Crippen LogP) is 7.29. The van der Waals surface area contributed by atoms with Gasteiger partial charge in [0.2, 0.25) is 5.11 Å². The highest BCUT2D eigenvalue weighted by Crippen LogP contribution is 2.67. The molecule has 37 heavy (non-hydrogen) atoms. The van der Waals surface area contributed by atoms with Crippen LogP contribution in [0.4, 0.5) is 4.79 Å². The number of fused-ring (bicyclic) bond motifs is 5. The highest BCUT2D eigenvalue weighted by Gasteiger charge is 2.59. The van der Waals surface area contributed by atoms with E-state index in [2.05, 4.69) is 61.6 Å². The van der Waals surface area contributed by atoms with Crippen molar-refractivity contribution >= 4 is 29.1 Å². The van der Waals surface area contributed by atoms with Gasteiger partial charge in [-0.05, 0) is 116 Å². The first-order valence-electron chi connectivity index (χ1n) is 14.6. The van der Waals surface area contributed by atoms with Crippen LogP contribution in [-0.2, 0) is 0 Å². The van der Waals surface area contributed by atoms with Gasteiger partial charge in [0.05, 0.1) is 5.71 Å². The summed E-state index contributed by atoms with van der Waals surface area (Å²) in [6, 6.07) is -0.780. The molecule has 3 fully saturated rings. The molecule has 0 spiro atoms. The second kappa shape index (κ2) is 11.5. The lowest BCUT2D eigenvalue weighted by atomic mass is 9.46. The molecule has 7 atom stereocenters. The molecule has 0 aliphatic heterocycles. The van der Waals surface area contributed by atoms with Gasteiger partial charge in [-0.2, -0.15) is 5.10 Å². The average molecular weight is 529 g/mol. The second-order valence-electron chi connectivity index (χ2n) is 13.2. The molecule has 4 aliphatic rings. The molecule has 0 aromatic rings. The van der Waals surface area contributed by atoms with Crippen molar-refractivity contribution in [3.05, 3.63) is 11.6 Å². The number of nitrogens with zero attached hydrogens (tertiary/aromatic N) is 3. The third kappa shape index (κ3) is 5.94. The number of hydrogen-bond donors (Lipinski definition) is 3. The maximum atomic E-state index is 10.7. The monoisotopic (exact) mass is 528 g/mol. The van der Waals surface area contributed by atoms with Gasteiger partial charge in [-0.25, -0.2) is 10.2 Å². The molecule has 0 bridgehead atoms. The topological polar surface area (TPSA) is 104 Å². The van der Waals surface area contributed by atoms with Crippen molar-refractivity contribution in [2.24, 2.45) is 67.5 Å². The van der Waals surface area contributed by atoms with Crippen LogP contribution in [0.15, 0.2) is 27.1 Å². The number of nitrogens with two attached hydrogens (primary N) is 1. The Morgan fingerprint density at radius 1 is 1.08 bits per heavy atom. The zero-order chi connectivity index (χ0) is 26.8. The first-order chi connectivity index (χ1) is 17.5. The lowest BCUT2D eigenvalue weighted by molar-refractivity contribution is -0.0573. The molecule has 0 saturated heterocycles. The molecule has 8 heteroatoms. The van der Waals surface area contributed by atoms with E-state index < -0.39 is 6.03 Å². The van der Waals surface area contributed by atoms with Crippen molar-refractivity contribution < 1.29 is 4.79 Å². The zero-order valence-electron chi connectivity index (χ0n) is 23.6. The molecule has 4 aliphatic carbocycles. The van der Waals surface area contributed by atoms with Crippen molar-refractivity contribution in [1.82, 2.24) is 10.9 Å². The molecule has 2 amide bonds. The van der Waals surface area contributed by atoms with Crippen molar-refractivity contribution in [2.45, 2.75) is 105 Å². The number of allylic oxidation sites excluding steroid dienone is 2. The fourth-order valence-electron chi connectivity index (χ4n) is 8.95. The van der Waals surface area contributed by atoms with Gasteiger partial charge in [0, 0.05) is 0 Å². The van der Waals surface area contributed by atoms with Crippen LogP contribution < -0.4 is 16.6 Å². The lowest BCUT2D eigenvalue weighted by Crippen LogP contribution is -2.51. The highest BCUT2D eigenvalue weighted by atomic mass is 32.1. The summed E-state index contributed by atoms with van der Waals surface area (Å²) in [5, 5.41) is 11.7. The Labute approximate surface area is 228 Å². The van der Waals surface area contributed by atoms with E-state index >= 15 is 0 Å². The number of carbonyl (C=O) groups excluding carboxylic acids is 1. The lowest BCUT2D eigenvalue weighted by Gasteiger charge is -2.58. The van der Waals surface area contributed by atoms with Gasteiger partial charge in [-0.15, -0.1) is 5.11 Å². The number of urea groups is 1. The Hall–Kier alpha value is -1.83. The molecule has 0 radical (unpaired) electrons. The molecule has 3 saturated carbocycles. The van der Waals surface area contributed by atoms with Crippen LogP contribution in [-0.4, -0.2) is 16.9 Å². The normalized spacial score (nSPS) is 37.0. The van der Waals surface area contributed by atoms with E-state index in [1.165, 1.54) is 57.8 Å². The summed E-state index contributed by atoms with van der Waals surface area (Å²) in [5.41, 5.74) is 13.2. The minimum Gasteiger partial charge on any atom is -0.350 e. The van der Waals surface area contributed by atoms with Crippen LogP contribution in [0, 0.1) is 46.3 Å². The Bertz CT molecular complexity index is 960. The Kier molecular flexibility index (Phi) is 8.76. The van der Waals surface area contributed by atoms with Crippen LogP contribution in [0.25, 0.3) is 0 Å². The molecular weight excluding hydrogens is 480 g/mol. The summed E-state index contributed by atoms with van der Waals surface area (Å²) < 4.78 is 0. The average Bonchev–Trinajstić information content (AvgIpc) is 3.19. The van der Waals surface area contributed by atoms with E-state index in [0.29, 0.717) is 5.41 Å². The standard InChI is InChI=1S/C29H48N6OS/c1-18(2)7-6-8-19(3)23-11-12-24-22-10-9-20-17-21(31-33-27(37)34-35-32-26(30)36)13-15-28(20,4)25(22)14-16-29(23,24)5/h17-19,22-25H,6-16H2,1-5H3,(H4,30,32,33,34,36,37)/t19-,22+,23-,24+,25+,28+,29-/m1/s1. The summed E-state index contributed by atoms with van der Waals surface area (Å²) in [4.78, 5) is 10.7. The quantitative estimate of drug-likeness (QED) is 0.183. The van der Waals surface area contributed by atoms with Crippen molar-refractivity contribution in [3.8, 4) is 0 Å². The van der Waals surface area contributed by atoms with Crippen LogP contribution >= 0.6 is 12.2 Å². The zero-order valence-corrected chi connectivity index (χ0v) is 24.4. The number of nitrogens with one attached hydrogen (secondary N) is 2. The minimum absolute atomic E-state index is 0.0949. The van der Waals surface area contributed by atoms with Gasteiger partial charge in [-0.1, -0.05) is 64.7 Å². The van der Waals surface area contributed by atoms with E-state index in [4.69, 9.17) is 18.0 Å². The highest BCUT2D eigenvalue weighted by molar-refractivity contribution is 7.80. The predicted molar refractivity (Wildman–Crippen MR) is 154 cm³/mol. The number of hydrogen-bond acceptors (Lipinski definition) is 4. The van der Waals surface area contributed by atoms with Gasteiger partial charge in [0.1, 0.15) is 0 Å². The molecule has 4 rings (SSSR count). The van der Waals surface area contributed by atoms with Crippen LogP contribution in [0.5, 0.6) is 0 Å². The van der Waals surface area contributed by atoms with Gasteiger partial charge >= 0.3 is 6.03 Å². The van der Waals surface area contributed by atoms with E-state index in [1.807, 2.05) is 5.43 Å². The van der Waals surface area contributed by atoms with E-state index in [0.717, 1.165) is 54.1 Å². The maximum absolute atomic E-state index is 10.7. The van der Waals surface area contributed by atoms with Crippen molar-refractivity contribution in [2.75, 3.05) is 0 Å². The van der Waals surface area contributed by atoms with Crippen LogP contribution in [0.2, 0.25) is 0 Å². The summed E-state index contributed by atoms with van der Waals surface area (Å²) in [6.07, 6.45) is 16.8. The Balaban J connectivity index is 1.41. The summed E-state index contributed by atoms with van der Waals surface area (Å²) in [6.45, 7) is 12.5. The molecule has 0 heterocycles. The number of hydrazone groups is 1. The van der Waals surface area contributed by atoms with Crippen LogP contribution in [0.3, 0.4) is 0 Å². The fourth-order valence-corrected chi connectivity index (χ4v) is 9.03. The van der Waals surface area contributed by atoms with Gasteiger partial charge in [0.15, 0.2) is 0 Å². The largest absolute Gasteiger partial charge is 0.350 e. The first kappa shape index (κ1) is 28.2. The summed E-state index contributed by atoms with van der Waals surface area (Å²) in [7, 11) is 0. The van der Waals surface area contributed by atoms with Gasteiger partial charge in [0.25, 0.3) is 0 Å². The van der Waals surface area contributed by atoms with Crippen molar-refractivity contribution in [3.63, 3.8) is 0 Å². The minimum atomic E-state index is -0.780.